The van der Waals surface area contributed by atoms with Crippen LogP contribution in [0, 0.1) is 6.92 Å². The van der Waals surface area contributed by atoms with Crippen LogP contribution in [0.15, 0.2) is 17.1 Å². The molecule has 0 aliphatic carbocycles. The standard InChI is InChI=1S/C16H18FN5OS/c1-9-10(6-18-21-9)12-5-11-14(24-12)15(23)20-13(19-11)7-22-4-3-16(2,17)8-22/h5-6H,3-4,7-8H2,1-2H3,(H,18,21)(H,19,20,23). The Morgan fingerprint density at radius 2 is 2.33 bits per heavy atom. The second kappa shape index (κ2) is 5.49. The Bertz CT molecular complexity index is 957. The number of hydrogen-bond acceptors (Lipinski definition) is 5. The number of likely N-dealkylation sites (tertiary alicyclic amines) is 1. The Hall–Kier alpha value is -2.06. The number of halogens is 1. The Morgan fingerprint density at radius 1 is 1.50 bits per heavy atom. The molecule has 8 heteroatoms. The lowest BCUT2D eigenvalue weighted by Crippen LogP contribution is -2.27. The highest BCUT2D eigenvalue weighted by atomic mass is 32.1. The van der Waals surface area contributed by atoms with E-state index >= 15 is 0 Å². The van der Waals surface area contributed by atoms with Crippen molar-refractivity contribution < 1.29 is 4.39 Å². The molecule has 2 N–H and O–H groups in total. The minimum Gasteiger partial charge on any atom is -0.308 e. The van der Waals surface area contributed by atoms with E-state index in [1.165, 1.54) is 11.3 Å². The monoisotopic (exact) mass is 347 g/mol. The normalized spacial score (nSPS) is 21.8. The van der Waals surface area contributed by atoms with Crippen molar-refractivity contribution in [1.82, 2.24) is 25.1 Å². The molecule has 4 heterocycles. The number of H-pyrrole nitrogens is 2. The maximum absolute atomic E-state index is 14.0. The maximum Gasteiger partial charge on any atom is 0.268 e. The summed E-state index contributed by atoms with van der Waals surface area (Å²) < 4.78 is 14.6. The van der Waals surface area contributed by atoms with E-state index in [9.17, 15) is 9.18 Å². The predicted octanol–water partition coefficient (Wildman–Crippen LogP) is 2.62. The molecule has 126 valence electrons. The summed E-state index contributed by atoms with van der Waals surface area (Å²) >= 11 is 1.41. The molecule has 1 aliphatic heterocycles. The number of fused-ring (bicyclic) bond motifs is 1. The van der Waals surface area contributed by atoms with Crippen LogP contribution in [0.25, 0.3) is 20.7 Å². The fraction of sp³-hybridized carbons (Fsp3) is 0.438. The van der Waals surface area contributed by atoms with Gasteiger partial charge >= 0.3 is 0 Å². The van der Waals surface area contributed by atoms with Gasteiger partial charge in [-0.2, -0.15) is 5.10 Å². The first-order chi connectivity index (χ1) is 11.4. The van der Waals surface area contributed by atoms with Gasteiger partial charge in [0.2, 0.25) is 0 Å². The molecule has 1 fully saturated rings. The summed E-state index contributed by atoms with van der Waals surface area (Å²) in [6.45, 7) is 5.07. The van der Waals surface area contributed by atoms with Gasteiger partial charge in [0.15, 0.2) is 0 Å². The molecular weight excluding hydrogens is 329 g/mol. The van der Waals surface area contributed by atoms with Crippen LogP contribution in [0.4, 0.5) is 4.39 Å². The van der Waals surface area contributed by atoms with Crippen molar-refractivity contribution in [2.24, 2.45) is 0 Å². The molecule has 4 rings (SSSR count). The zero-order valence-electron chi connectivity index (χ0n) is 13.5. The van der Waals surface area contributed by atoms with Gasteiger partial charge in [0, 0.05) is 29.2 Å². The summed E-state index contributed by atoms with van der Waals surface area (Å²) in [4.78, 5) is 22.7. The van der Waals surface area contributed by atoms with Crippen LogP contribution in [0.2, 0.25) is 0 Å². The first-order valence-electron chi connectivity index (χ1n) is 7.86. The number of alkyl halides is 1. The van der Waals surface area contributed by atoms with Crippen LogP contribution >= 0.6 is 11.3 Å². The van der Waals surface area contributed by atoms with E-state index in [0.717, 1.165) is 16.1 Å². The molecule has 3 aromatic rings. The van der Waals surface area contributed by atoms with Gasteiger partial charge in [0.1, 0.15) is 16.2 Å². The number of thiophene rings is 1. The zero-order valence-corrected chi connectivity index (χ0v) is 14.3. The van der Waals surface area contributed by atoms with E-state index in [2.05, 4.69) is 20.2 Å². The van der Waals surface area contributed by atoms with Gasteiger partial charge in [0.05, 0.1) is 18.3 Å². The van der Waals surface area contributed by atoms with Crippen LogP contribution in [-0.4, -0.2) is 43.8 Å². The number of aromatic amines is 2. The van der Waals surface area contributed by atoms with E-state index in [4.69, 9.17) is 0 Å². The molecule has 0 radical (unpaired) electrons. The zero-order chi connectivity index (χ0) is 16.9. The highest BCUT2D eigenvalue weighted by Gasteiger charge is 2.33. The minimum atomic E-state index is -1.15. The van der Waals surface area contributed by atoms with Crippen molar-refractivity contribution >= 4 is 21.6 Å². The van der Waals surface area contributed by atoms with Crippen LogP contribution in [-0.2, 0) is 6.54 Å². The maximum atomic E-state index is 14.0. The minimum absolute atomic E-state index is 0.144. The molecule has 0 bridgehead atoms. The molecule has 1 saturated heterocycles. The van der Waals surface area contributed by atoms with Crippen molar-refractivity contribution in [3.63, 3.8) is 0 Å². The fourth-order valence-electron chi connectivity index (χ4n) is 3.16. The van der Waals surface area contributed by atoms with Gasteiger partial charge in [-0.15, -0.1) is 11.3 Å². The molecule has 0 spiro atoms. The number of aryl methyl sites for hydroxylation is 1. The van der Waals surface area contributed by atoms with Crippen LogP contribution in [0.5, 0.6) is 0 Å². The SMILES string of the molecule is Cc1[nH]ncc1-c1cc2nc(CN3CCC(C)(F)C3)[nH]c(=O)c2s1. The number of hydrogen-bond donors (Lipinski definition) is 2. The average Bonchev–Trinajstić information content (AvgIpc) is 3.18. The van der Waals surface area contributed by atoms with Gasteiger partial charge in [-0.1, -0.05) is 0 Å². The van der Waals surface area contributed by atoms with Gasteiger partial charge in [-0.3, -0.25) is 14.8 Å². The van der Waals surface area contributed by atoms with Crippen molar-refractivity contribution in [3.05, 3.63) is 34.1 Å². The lowest BCUT2D eigenvalue weighted by molar-refractivity contribution is 0.185. The largest absolute Gasteiger partial charge is 0.308 e. The Balaban J connectivity index is 1.67. The van der Waals surface area contributed by atoms with E-state index in [0.29, 0.717) is 42.1 Å². The molecule has 3 aromatic heterocycles. The third-order valence-corrected chi connectivity index (χ3v) is 5.56. The topological polar surface area (TPSA) is 77.7 Å². The summed E-state index contributed by atoms with van der Waals surface area (Å²) in [5, 5.41) is 6.92. The lowest BCUT2D eigenvalue weighted by atomic mass is 10.1. The van der Waals surface area contributed by atoms with Crippen molar-refractivity contribution in [2.45, 2.75) is 32.5 Å². The molecule has 0 aromatic carbocycles. The van der Waals surface area contributed by atoms with E-state index in [1.807, 2.05) is 17.9 Å². The Labute approximate surface area is 141 Å². The first-order valence-corrected chi connectivity index (χ1v) is 8.67. The second-order valence-corrected chi connectivity index (χ2v) is 7.67. The Kier molecular flexibility index (Phi) is 3.54. The summed E-state index contributed by atoms with van der Waals surface area (Å²) in [5.41, 5.74) is 1.31. The predicted molar refractivity (Wildman–Crippen MR) is 92.0 cm³/mol. The van der Waals surface area contributed by atoms with Crippen LogP contribution < -0.4 is 5.56 Å². The van der Waals surface area contributed by atoms with Crippen molar-refractivity contribution in [1.29, 1.82) is 0 Å². The van der Waals surface area contributed by atoms with Gasteiger partial charge < -0.3 is 4.98 Å². The second-order valence-electron chi connectivity index (χ2n) is 6.62. The number of aromatic nitrogens is 4. The number of nitrogens with zero attached hydrogens (tertiary/aromatic N) is 3. The van der Waals surface area contributed by atoms with E-state index in [1.54, 1.807) is 13.1 Å². The summed E-state index contributed by atoms with van der Waals surface area (Å²) in [6.07, 6.45) is 2.27. The van der Waals surface area contributed by atoms with Gasteiger partial charge in [-0.25, -0.2) is 9.37 Å². The highest BCUT2D eigenvalue weighted by molar-refractivity contribution is 7.22. The Morgan fingerprint density at radius 3 is 3.00 bits per heavy atom. The summed E-state index contributed by atoms with van der Waals surface area (Å²) in [5.74, 6) is 0.582. The van der Waals surface area contributed by atoms with Crippen LogP contribution in [0.1, 0.15) is 24.9 Å². The third-order valence-electron chi connectivity index (χ3n) is 4.40. The average molecular weight is 347 g/mol. The molecule has 0 amide bonds. The molecule has 1 atom stereocenters. The lowest BCUT2D eigenvalue weighted by Gasteiger charge is -2.16. The molecule has 1 unspecified atom stereocenters. The molecule has 24 heavy (non-hydrogen) atoms. The molecule has 0 saturated carbocycles. The summed E-state index contributed by atoms with van der Waals surface area (Å²) in [7, 11) is 0. The quantitative estimate of drug-likeness (QED) is 0.763. The third kappa shape index (κ3) is 2.76. The smallest absolute Gasteiger partial charge is 0.268 e. The number of nitrogens with one attached hydrogen (secondary N) is 2. The molecule has 6 nitrogen and oxygen atoms in total. The van der Waals surface area contributed by atoms with Gasteiger partial charge in [0.25, 0.3) is 5.56 Å². The molecule has 1 aliphatic rings. The van der Waals surface area contributed by atoms with Gasteiger partial charge in [-0.05, 0) is 26.3 Å². The first kappa shape index (κ1) is 15.5. The van der Waals surface area contributed by atoms with Crippen molar-refractivity contribution in [3.8, 4) is 10.4 Å². The fourth-order valence-corrected chi connectivity index (χ4v) is 4.22. The van der Waals surface area contributed by atoms with E-state index < -0.39 is 5.67 Å². The highest BCUT2D eigenvalue weighted by Crippen LogP contribution is 2.32. The number of rotatable bonds is 3. The van der Waals surface area contributed by atoms with Crippen molar-refractivity contribution in [2.75, 3.05) is 13.1 Å². The van der Waals surface area contributed by atoms with E-state index in [-0.39, 0.29) is 5.56 Å². The summed E-state index contributed by atoms with van der Waals surface area (Å²) in [6, 6.07) is 1.92. The molecular formula is C16H18FN5OS. The van der Waals surface area contributed by atoms with Crippen LogP contribution in [0.3, 0.4) is 0 Å².